The molecule has 0 amide bonds. The topological polar surface area (TPSA) is 95.7 Å². The van der Waals surface area contributed by atoms with Gasteiger partial charge in [0.2, 0.25) is 5.88 Å². The number of anilines is 1. The van der Waals surface area contributed by atoms with E-state index >= 15 is 0 Å². The molecule has 2 aromatic heterocycles. The van der Waals surface area contributed by atoms with Crippen molar-refractivity contribution in [3.05, 3.63) is 71.8 Å². The van der Waals surface area contributed by atoms with Gasteiger partial charge in [0.1, 0.15) is 17.8 Å². The van der Waals surface area contributed by atoms with Crippen molar-refractivity contribution in [1.82, 2.24) is 10.1 Å². The van der Waals surface area contributed by atoms with E-state index in [1.165, 1.54) is 25.5 Å². The van der Waals surface area contributed by atoms with Crippen LogP contribution >= 0.6 is 0 Å². The molecule has 1 N–H and O–H groups in total. The lowest BCUT2D eigenvalue weighted by molar-refractivity contribution is -0.166. The highest BCUT2D eigenvalue weighted by Crippen LogP contribution is 2.42. The number of pyridine rings is 1. The average Bonchev–Trinajstić information content (AvgIpc) is 3.51. The lowest BCUT2D eigenvalue weighted by atomic mass is 9.94. The van der Waals surface area contributed by atoms with Crippen LogP contribution in [0.4, 0.5) is 10.1 Å². The van der Waals surface area contributed by atoms with Gasteiger partial charge in [0.25, 0.3) is 5.60 Å². The number of esters is 1. The summed E-state index contributed by atoms with van der Waals surface area (Å²) < 4.78 is 36.3. The maximum atomic E-state index is 14.6. The van der Waals surface area contributed by atoms with Crippen molar-refractivity contribution in [3.63, 3.8) is 0 Å². The van der Waals surface area contributed by atoms with Gasteiger partial charge in [-0.3, -0.25) is 0 Å². The van der Waals surface area contributed by atoms with Gasteiger partial charge in [-0.1, -0.05) is 19.0 Å². The largest absolute Gasteiger partial charge is 0.481 e. The molecule has 178 valence electrons. The molecule has 1 aliphatic heterocycles. The number of carbonyl (C=O) groups is 1. The van der Waals surface area contributed by atoms with Crippen molar-refractivity contribution in [2.45, 2.75) is 38.7 Å². The van der Waals surface area contributed by atoms with Crippen molar-refractivity contribution in [1.29, 1.82) is 0 Å². The van der Waals surface area contributed by atoms with E-state index in [0.717, 1.165) is 5.56 Å². The van der Waals surface area contributed by atoms with Gasteiger partial charge in [0.15, 0.2) is 5.88 Å². The van der Waals surface area contributed by atoms with Gasteiger partial charge in [-0.05, 0) is 48.2 Å². The normalized spacial score (nSPS) is 17.3. The highest BCUT2D eigenvalue weighted by molar-refractivity contribution is 5.84. The second kappa shape index (κ2) is 9.54. The maximum Gasteiger partial charge on any atom is 0.357 e. The summed E-state index contributed by atoms with van der Waals surface area (Å²) in [6, 6.07) is 8.00. The minimum atomic E-state index is -1.47. The first kappa shape index (κ1) is 23.3. The summed E-state index contributed by atoms with van der Waals surface area (Å²) in [5.74, 6) is -0.216. The molecule has 34 heavy (non-hydrogen) atoms. The molecule has 1 atom stereocenters. The Morgan fingerprint density at radius 3 is 2.79 bits per heavy atom. The minimum Gasteiger partial charge on any atom is -0.481 e. The molecule has 0 bridgehead atoms. The molecule has 0 spiro atoms. The van der Waals surface area contributed by atoms with Crippen molar-refractivity contribution >= 4 is 11.7 Å². The van der Waals surface area contributed by atoms with Crippen LogP contribution < -0.4 is 10.1 Å². The molecular formula is C25H26FN3O5. The van der Waals surface area contributed by atoms with Gasteiger partial charge in [-0.25, -0.2) is 14.2 Å². The van der Waals surface area contributed by atoms with Crippen LogP contribution in [0.1, 0.15) is 44.4 Å². The van der Waals surface area contributed by atoms with Crippen molar-refractivity contribution in [3.8, 4) is 17.0 Å². The average molecular weight is 467 g/mol. The molecule has 1 aromatic carbocycles. The SMILES string of the molecule is CCOC(=O)C1(c2ccon2)CC=C(Nc2c(-c3ccnc(OC)c3)cc(F)cc2C(C)C)O1. The predicted molar refractivity (Wildman–Crippen MR) is 122 cm³/mol. The summed E-state index contributed by atoms with van der Waals surface area (Å²) in [5.41, 5.74) is 1.54. The third-order valence-electron chi connectivity index (χ3n) is 5.57. The van der Waals surface area contributed by atoms with Crippen LogP contribution in [0.2, 0.25) is 0 Å². The summed E-state index contributed by atoms with van der Waals surface area (Å²) in [6.45, 7) is 5.85. The van der Waals surface area contributed by atoms with Crippen molar-refractivity contribution in [2.24, 2.45) is 0 Å². The van der Waals surface area contributed by atoms with Gasteiger partial charge < -0.3 is 24.1 Å². The Morgan fingerprint density at radius 2 is 2.12 bits per heavy atom. The fraction of sp³-hybridized carbons (Fsp3) is 0.320. The fourth-order valence-corrected chi connectivity index (χ4v) is 3.90. The molecule has 0 saturated carbocycles. The Morgan fingerprint density at radius 1 is 1.29 bits per heavy atom. The number of methoxy groups -OCH3 is 1. The number of nitrogens with zero attached hydrogens (tertiary/aromatic N) is 2. The van der Waals surface area contributed by atoms with E-state index in [1.54, 1.807) is 37.4 Å². The highest BCUT2D eigenvalue weighted by atomic mass is 19.1. The Labute approximate surface area is 196 Å². The molecule has 4 rings (SSSR count). The van der Waals surface area contributed by atoms with Crippen molar-refractivity contribution in [2.75, 3.05) is 19.0 Å². The Hall–Kier alpha value is -3.88. The summed E-state index contributed by atoms with van der Waals surface area (Å²) in [4.78, 5) is 17.0. The second-order valence-corrected chi connectivity index (χ2v) is 8.09. The van der Waals surface area contributed by atoms with E-state index in [-0.39, 0.29) is 24.8 Å². The maximum absolute atomic E-state index is 14.6. The van der Waals surface area contributed by atoms with E-state index in [4.69, 9.17) is 18.7 Å². The number of rotatable bonds is 8. The zero-order valence-electron chi connectivity index (χ0n) is 19.4. The minimum absolute atomic E-state index is 0.00644. The van der Waals surface area contributed by atoms with Gasteiger partial charge in [-0.2, -0.15) is 0 Å². The van der Waals surface area contributed by atoms with Gasteiger partial charge in [0, 0.05) is 30.3 Å². The number of ether oxygens (including phenoxy) is 3. The van der Waals surface area contributed by atoms with Crippen LogP contribution in [-0.2, 0) is 19.9 Å². The fourth-order valence-electron chi connectivity index (χ4n) is 3.90. The standard InChI is InChI=1S/C25H26FN3O5/c1-5-32-24(30)25(20-8-11-33-29-20)9-6-21(34-25)28-23-18(15(2)3)13-17(26)14-19(23)16-7-10-27-22(12-16)31-4/h6-8,10-15,28H,5,9H2,1-4H3. The number of hydrogen-bond acceptors (Lipinski definition) is 8. The molecule has 1 aliphatic rings. The summed E-state index contributed by atoms with van der Waals surface area (Å²) in [5, 5.41) is 7.21. The molecule has 0 fully saturated rings. The van der Waals surface area contributed by atoms with Crippen LogP contribution in [0.5, 0.6) is 5.88 Å². The van der Waals surface area contributed by atoms with Gasteiger partial charge in [-0.15, -0.1) is 0 Å². The highest BCUT2D eigenvalue weighted by Gasteiger charge is 2.50. The van der Waals surface area contributed by atoms with E-state index in [2.05, 4.69) is 15.5 Å². The van der Waals surface area contributed by atoms with E-state index < -0.39 is 11.6 Å². The number of carbonyl (C=O) groups excluding carboxylic acids is 1. The summed E-state index contributed by atoms with van der Waals surface area (Å²) in [6.07, 6.45) is 4.91. The summed E-state index contributed by atoms with van der Waals surface area (Å²) in [7, 11) is 1.52. The first-order valence-corrected chi connectivity index (χ1v) is 11.0. The van der Waals surface area contributed by atoms with Crippen LogP contribution in [0, 0.1) is 5.82 Å². The molecule has 8 nitrogen and oxygen atoms in total. The molecular weight excluding hydrogens is 441 g/mol. The lowest BCUT2D eigenvalue weighted by Gasteiger charge is -2.26. The molecule has 3 heterocycles. The van der Waals surface area contributed by atoms with E-state index in [9.17, 15) is 9.18 Å². The summed E-state index contributed by atoms with van der Waals surface area (Å²) >= 11 is 0. The zero-order chi connectivity index (χ0) is 24.3. The van der Waals surface area contributed by atoms with Crippen LogP contribution in [0.25, 0.3) is 11.1 Å². The molecule has 0 radical (unpaired) electrons. The second-order valence-electron chi connectivity index (χ2n) is 8.09. The zero-order valence-corrected chi connectivity index (χ0v) is 19.4. The van der Waals surface area contributed by atoms with Crippen molar-refractivity contribution < 1.29 is 27.9 Å². The number of halogens is 1. The lowest BCUT2D eigenvalue weighted by Crippen LogP contribution is -2.38. The first-order valence-electron chi connectivity index (χ1n) is 11.0. The monoisotopic (exact) mass is 467 g/mol. The molecule has 9 heteroatoms. The Kier molecular flexibility index (Phi) is 6.54. The van der Waals surface area contributed by atoms with Crippen LogP contribution in [0.15, 0.2) is 59.3 Å². The first-order chi connectivity index (χ1) is 16.4. The van der Waals surface area contributed by atoms with Crippen LogP contribution in [0.3, 0.4) is 0 Å². The van der Waals surface area contributed by atoms with E-state index in [1.807, 2.05) is 13.8 Å². The Balaban J connectivity index is 1.74. The quantitative estimate of drug-likeness (QED) is 0.455. The van der Waals surface area contributed by atoms with Gasteiger partial charge >= 0.3 is 5.97 Å². The number of hydrogen-bond donors (Lipinski definition) is 1. The number of benzene rings is 1. The molecule has 3 aromatic rings. The number of aromatic nitrogens is 2. The number of nitrogens with one attached hydrogen (secondary N) is 1. The van der Waals surface area contributed by atoms with E-state index in [0.29, 0.717) is 34.3 Å². The molecule has 1 unspecified atom stereocenters. The molecule has 0 saturated heterocycles. The third kappa shape index (κ3) is 4.33. The van der Waals surface area contributed by atoms with Gasteiger partial charge in [0.05, 0.1) is 19.4 Å². The third-order valence-corrected chi connectivity index (χ3v) is 5.57. The smallest absolute Gasteiger partial charge is 0.357 e. The van der Waals surface area contributed by atoms with Crippen LogP contribution in [-0.4, -0.2) is 29.8 Å². The molecule has 0 aliphatic carbocycles. The Bertz CT molecular complexity index is 1210. The predicted octanol–water partition coefficient (Wildman–Crippen LogP) is 5.14.